The van der Waals surface area contributed by atoms with Crippen LogP contribution in [0.1, 0.15) is 51.0 Å². The Bertz CT molecular complexity index is 368. The van der Waals surface area contributed by atoms with Gasteiger partial charge in [-0.3, -0.25) is 4.79 Å². The summed E-state index contributed by atoms with van der Waals surface area (Å²) < 4.78 is 0. The molecule has 0 spiro atoms. The Labute approximate surface area is 111 Å². The number of carbonyl (C=O) groups excluding carboxylic acids is 1. The molecule has 0 aliphatic heterocycles. The number of ketones is 1. The van der Waals surface area contributed by atoms with Gasteiger partial charge in [0.1, 0.15) is 5.78 Å². The van der Waals surface area contributed by atoms with Crippen molar-refractivity contribution in [3.8, 4) is 0 Å². The molecule has 0 bridgehead atoms. The standard InChI is InChI=1S/C17H24O/c1-2-14-11-12-17(18)16(13-14)10-6-9-15-7-4-3-5-8-15/h3-5,7-8,14,16H,2,6,9-13H2,1H3. The van der Waals surface area contributed by atoms with Gasteiger partial charge in [-0.25, -0.2) is 0 Å². The molecule has 1 aromatic rings. The summed E-state index contributed by atoms with van der Waals surface area (Å²) in [7, 11) is 0. The maximum absolute atomic E-state index is 11.9. The van der Waals surface area contributed by atoms with Crippen molar-refractivity contribution in [2.75, 3.05) is 0 Å². The summed E-state index contributed by atoms with van der Waals surface area (Å²) in [6, 6.07) is 10.6. The summed E-state index contributed by atoms with van der Waals surface area (Å²) in [5.41, 5.74) is 1.40. The molecule has 0 aromatic heterocycles. The maximum atomic E-state index is 11.9. The molecule has 0 N–H and O–H groups in total. The van der Waals surface area contributed by atoms with Crippen LogP contribution in [-0.2, 0) is 11.2 Å². The first kappa shape index (κ1) is 13.3. The largest absolute Gasteiger partial charge is 0.299 e. The third-order valence-corrected chi connectivity index (χ3v) is 4.31. The van der Waals surface area contributed by atoms with E-state index in [9.17, 15) is 4.79 Å². The van der Waals surface area contributed by atoms with Crippen LogP contribution in [-0.4, -0.2) is 5.78 Å². The normalized spacial score (nSPS) is 24.2. The monoisotopic (exact) mass is 244 g/mol. The lowest BCUT2D eigenvalue weighted by Crippen LogP contribution is -2.24. The van der Waals surface area contributed by atoms with Crippen molar-refractivity contribution in [2.24, 2.45) is 11.8 Å². The molecular formula is C17H24O. The molecule has 0 heterocycles. The summed E-state index contributed by atoms with van der Waals surface area (Å²) in [5.74, 6) is 1.67. The Kier molecular flexibility index (Phi) is 4.98. The fourth-order valence-corrected chi connectivity index (χ4v) is 3.05. The highest BCUT2D eigenvalue weighted by Gasteiger charge is 2.26. The first-order chi connectivity index (χ1) is 8.79. The van der Waals surface area contributed by atoms with Gasteiger partial charge in [0.15, 0.2) is 0 Å². The second-order valence-electron chi connectivity index (χ2n) is 5.59. The zero-order valence-corrected chi connectivity index (χ0v) is 11.4. The third kappa shape index (κ3) is 3.69. The number of hydrogen-bond acceptors (Lipinski definition) is 1. The second-order valence-corrected chi connectivity index (χ2v) is 5.59. The first-order valence-electron chi connectivity index (χ1n) is 7.36. The summed E-state index contributed by atoms with van der Waals surface area (Å²) in [5, 5.41) is 0. The summed E-state index contributed by atoms with van der Waals surface area (Å²) >= 11 is 0. The van der Waals surface area contributed by atoms with E-state index in [0.717, 1.165) is 44.4 Å². The number of carbonyl (C=O) groups is 1. The van der Waals surface area contributed by atoms with Crippen LogP contribution < -0.4 is 0 Å². The van der Waals surface area contributed by atoms with Crippen molar-refractivity contribution >= 4 is 5.78 Å². The third-order valence-electron chi connectivity index (χ3n) is 4.31. The highest BCUT2D eigenvalue weighted by atomic mass is 16.1. The summed E-state index contributed by atoms with van der Waals surface area (Å²) in [6.07, 6.45) is 7.69. The number of Topliss-reactive ketones (excluding diaryl/α,β-unsaturated/α-hetero) is 1. The number of rotatable bonds is 5. The highest BCUT2D eigenvalue weighted by molar-refractivity contribution is 5.81. The molecule has 1 fully saturated rings. The molecule has 1 heteroatoms. The van der Waals surface area contributed by atoms with Gasteiger partial charge in [-0.15, -0.1) is 0 Å². The van der Waals surface area contributed by atoms with Gasteiger partial charge in [0.05, 0.1) is 0 Å². The molecule has 2 unspecified atom stereocenters. The van der Waals surface area contributed by atoms with Gasteiger partial charge in [-0.05, 0) is 43.6 Å². The molecular weight excluding hydrogens is 220 g/mol. The van der Waals surface area contributed by atoms with Crippen LogP contribution in [0.4, 0.5) is 0 Å². The van der Waals surface area contributed by atoms with Crippen LogP contribution >= 0.6 is 0 Å². The fourth-order valence-electron chi connectivity index (χ4n) is 3.05. The van der Waals surface area contributed by atoms with E-state index in [4.69, 9.17) is 0 Å². The van der Waals surface area contributed by atoms with E-state index in [0.29, 0.717) is 11.7 Å². The second kappa shape index (κ2) is 6.72. The predicted octanol–water partition coefficient (Wildman–Crippen LogP) is 4.40. The van der Waals surface area contributed by atoms with Gasteiger partial charge in [0.2, 0.25) is 0 Å². The minimum atomic E-state index is 0.354. The fraction of sp³-hybridized carbons (Fsp3) is 0.588. The first-order valence-corrected chi connectivity index (χ1v) is 7.36. The Balaban J connectivity index is 1.77. The lowest BCUT2D eigenvalue weighted by atomic mass is 9.77. The van der Waals surface area contributed by atoms with Crippen molar-refractivity contribution in [1.29, 1.82) is 0 Å². The van der Waals surface area contributed by atoms with Gasteiger partial charge < -0.3 is 0 Å². The average Bonchev–Trinajstić information content (AvgIpc) is 2.42. The smallest absolute Gasteiger partial charge is 0.135 e. The van der Waals surface area contributed by atoms with Crippen molar-refractivity contribution in [1.82, 2.24) is 0 Å². The van der Waals surface area contributed by atoms with Crippen molar-refractivity contribution in [2.45, 2.75) is 51.9 Å². The van der Waals surface area contributed by atoms with Crippen molar-refractivity contribution in [3.05, 3.63) is 35.9 Å². The maximum Gasteiger partial charge on any atom is 0.135 e. The van der Waals surface area contributed by atoms with Crippen LogP contribution in [0, 0.1) is 11.8 Å². The Morgan fingerprint density at radius 3 is 2.72 bits per heavy atom. The molecule has 98 valence electrons. The Morgan fingerprint density at radius 1 is 1.22 bits per heavy atom. The zero-order chi connectivity index (χ0) is 12.8. The minimum absolute atomic E-state index is 0.354. The van der Waals surface area contributed by atoms with Gasteiger partial charge >= 0.3 is 0 Å². The molecule has 0 saturated heterocycles. The van der Waals surface area contributed by atoms with E-state index < -0.39 is 0 Å². The molecule has 1 aromatic carbocycles. The van der Waals surface area contributed by atoms with E-state index in [2.05, 4.69) is 37.3 Å². The number of hydrogen-bond donors (Lipinski definition) is 0. The van der Waals surface area contributed by atoms with Crippen molar-refractivity contribution < 1.29 is 4.79 Å². The minimum Gasteiger partial charge on any atom is -0.299 e. The molecule has 1 aliphatic rings. The molecule has 1 nitrogen and oxygen atoms in total. The van der Waals surface area contributed by atoms with Crippen LogP contribution in [0.2, 0.25) is 0 Å². The van der Waals surface area contributed by atoms with Crippen LogP contribution in [0.15, 0.2) is 30.3 Å². The van der Waals surface area contributed by atoms with E-state index in [-0.39, 0.29) is 0 Å². The van der Waals surface area contributed by atoms with Crippen molar-refractivity contribution in [3.63, 3.8) is 0 Å². The quantitative estimate of drug-likeness (QED) is 0.750. The summed E-state index contributed by atoms with van der Waals surface area (Å²) in [4.78, 5) is 11.9. The van der Waals surface area contributed by atoms with Gasteiger partial charge in [-0.2, -0.15) is 0 Å². The molecule has 1 saturated carbocycles. The van der Waals surface area contributed by atoms with Gasteiger partial charge in [0.25, 0.3) is 0 Å². The zero-order valence-electron chi connectivity index (χ0n) is 11.4. The Hall–Kier alpha value is -1.11. The number of benzene rings is 1. The van der Waals surface area contributed by atoms with E-state index in [1.54, 1.807) is 0 Å². The molecule has 1 aliphatic carbocycles. The van der Waals surface area contributed by atoms with Gasteiger partial charge in [-0.1, -0.05) is 43.7 Å². The van der Waals surface area contributed by atoms with Crippen LogP contribution in [0.3, 0.4) is 0 Å². The molecule has 2 rings (SSSR count). The van der Waals surface area contributed by atoms with Crippen LogP contribution in [0.25, 0.3) is 0 Å². The van der Waals surface area contributed by atoms with E-state index in [1.165, 1.54) is 12.0 Å². The molecule has 0 radical (unpaired) electrons. The average molecular weight is 244 g/mol. The lowest BCUT2D eigenvalue weighted by Gasteiger charge is -2.27. The lowest BCUT2D eigenvalue weighted by molar-refractivity contribution is -0.125. The number of aryl methyl sites for hydroxylation is 1. The topological polar surface area (TPSA) is 17.1 Å². The molecule has 0 amide bonds. The van der Waals surface area contributed by atoms with Crippen LogP contribution in [0.5, 0.6) is 0 Å². The Morgan fingerprint density at radius 2 is 2.00 bits per heavy atom. The summed E-state index contributed by atoms with van der Waals surface area (Å²) in [6.45, 7) is 2.25. The van der Waals surface area contributed by atoms with E-state index >= 15 is 0 Å². The predicted molar refractivity (Wildman–Crippen MR) is 75.5 cm³/mol. The molecule has 18 heavy (non-hydrogen) atoms. The van der Waals surface area contributed by atoms with E-state index in [1.807, 2.05) is 0 Å². The molecule has 2 atom stereocenters. The van der Waals surface area contributed by atoms with Gasteiger partial charge in [0, 0.05) is 12.3 Å². The highest BCUT2D eigenvalue weighted by Crippen LogP contribution is 2.31. The SMILES string of the molecule is CCC1CCC(=O)C(CCCc2ccccc2)C1.